The number of halogens is 1. The Morgan fingerprint density at radius 2 is 1.83 bits per heavy atom. The van der Waals surface area contributed by atoms with Crippen LogP contribution in [0.25, 0.3) is 21.8 Å². The number of rotatable bonds is 2. The maximum Gasteiger partial charge on any atom is 0.158 e. The molecule has 0 fully saturated rings. The monoisotopic (exact) mass is 367 g/mol. The van der Waals surface area contributed by atoms with Gasteiger partial charge in [0.15, 0.2) is 5.82 Å². The van der Waals surface area contributed by atoms with Crippen LogP contribution in [0.2, 0.25) is 0 Å². The fraction of sp³-hybridized carbons (Fsp3) is 0.0588. The van der Waals surface area contributed by atoms with Crippen molar-refractivity contribution in [1.82, 2.24) is 13.8 Å². The van der Waals surface area contributed by atoms with Gasteiger partial charge in [-0.3, -0.25) is 0 Å². The standard InChI is InChI=1S/C17H14BrN5/c1-10-6-8-11(9-7-10)20-17-14-15(23(18)22-16(14)19)12-4-2-3-5-13(12)21-17/h2-9H,1H3,(H2,19,22)(H,20,21). The molecule has 2 aromatic heterocycles. The minimum atomic E-state index is 0.435. The normalized spacial score (nSPS) is 11.2. The summed E-state index contributed by atoms with van der Waals surface area (Å²) in [7, 11) is 0. The quantitative estimate of drug-likeness (QED) is 0.551. The van der Waals surface area contributed by atoms with E-state index in [0.29, 0.717) is 11.6 Å². The molecule has 2 heterocycles. The van der Waals surface area contributed by atoms with E-state index in [2.05, 4.69) is 45.6 Å². The number of nitrogens with two attached hydrogens (primary N) is 1. The predicted molar refractivity (Wildman–Crippen MR) is 98.2 cm³/mol. The van der Waals surface area contributed by atoms with Crippen LogP contribution >= 0.6 is 16.1 Å². The summed E-state index contributed by atoms with van der Waals surface area (Å²) < 4.78 is 1.63. The minimum Gasteiger partial charge on any atom is -0.382 e. The Hall–Kier alpha value is -2.60. The van der Waals surface area contributed by atoms with Gasteiger partial charge < -0.3 is 11.1 Å². The first-order valence-electron chi connectivity index (χ1n) is 7.20. The number of nitrogens with one attached hydrogen (secondary N) is 1. The summed E-state index contributed by atoms with van der Waals surface area (Å²) in [6.07, 6.45) is 0. The molecule has 114 valence electrons. The lowest BCUT2D eigenvalue weighted by molar-refractivity contribution is 1.07. The molecule has 0 aliphatic rings. The van der Waals surface area contributed by atoms with Crippen LogP contribution in [0.4, 0.5) is 17.3 Å². The summed E-state index contributed by atoms with van der Waals surface area (Å²) in [5.74, 6) is 1.13. The maximum atomic E-state index is 6.10. The molecule has 23 heavy (non-hydrogen) atoms. The molecule has 0 saturated carbocycles. The highest BCUT2D eigenvalue weighted by atomic mass is 79.9. The predicted octanol–water partition coefficient (Wildman–Crippen LogP) is 4.38. The molecule has 0 radical (unpaired) electrons. The van der Waals surface area contributed by atoms with Crippen LogP contribution < -0.4 is 11.1 Å². The third-order valence-corrected chi connectivity index (χ3v) is 4.33. The van der Waals surface area contributed by atoms with Gasteiger partial charge in [-0.15, -0.1) is 5.10 Å². The number of hydrogen-bond acceptors (Lipinski definition) is 4. The van der Waals surface area contributed by atoms with E-state index in [9.17, 15) is 0 Å². The first-order valence-corrected chi connectivity index (χ1v) is 7.91. The number of fused-ring (bicyclic) bond motifs is 3. The number of hydrogen-bond donors (Lipinski definition) is 2. The van der Waals surface area contributed by atoms with Gasteiger partial charge in [-0.1, -0.05) is 35.9 Å². The van der Waals surface area contributed by atoms with Crippen LogP contribution in [0.5, 0.6) is 0 Å². The van der Waals surface area contributed by atoms with E-state index >= 15 is 0 Å². The summed E-state index contributed by atoms with van der Waals surface area (Å²) in [6.45, 7) is 2.06. The molecule has 0 aliphatic heterocycles. The van der Waals surface area contributed by atoms with Crippen molar-refractivity contribution in [2.24, 2.45) is 0 Å². The van der Waals surface area contributed by atoms with E-state index < -0.39 is 0 Å². The van der Waals surface area contributed by atoms with E-state index in [1.54, 1.807) is 3.71 Å². The summed E-state index contributed by atoms with van der Waals surface area (Å²) in [5.41, 5.74) is 10.1. The number of nitrogen functional groups attached to an aromatic ring is 1. The fourth-order valence-corrected chi connectivity index (χ4v) is 3.23. The number of aromatic nitrogens is 3. The maximum absolute atomic E-state index is 6.10. The van der Waals surface area contributed by atoms with Crippen molar-refractivity contribution >= 4 is 55.3 Å². The summed E-state index contributed by atoms with van der Waals surface area (Å²) >= 11 is 3.44. The average molecular weight is 368 g/mol. The average Bonchev–Trinajstić information content (AvgIpc) is 2.85. The molecular weight excluding hydrogens is 354 g/mol. The Morgan fingerprint density at radius 1 is 1.09 bits per heavy atom. The van der Waals surface area contributed by atoms with Gasteiger partial charge in [0.1, 0.15) is 5.82 Å². The lowest BCUT2D eigenvalue weighted by Gasteiger charge is -2.10. The summed E-state index contributed by atoms with van der Waals surface area (Å²) in [6, 6.07) is 16.1. The third-order valence-electron chi connectivity index (χ3n) is 3.82. The highest BCUT2D eigenvalue weighted by Gasteiger charge is 2.16. The molecule has 0 aliphatic carbocycles. The topological polar surface area (TPSA) is 68.8 Å². The zero-order valence-corrected chi connectivity index (χ0v) is 14.0. The molecule has 0 saturated heterocycles. The largest absolute Gasteiger partial charge is 0.382 e. The number of benzene rings is 2. The Labute approximate surface area is 141 Å². The van der Waals surface area contributed by atoms with Crippen molar-refractivity contribution in [3.05, 3.63) is 54.1 Å². The number of para-hydroxylation sites is 1. The van der Waals surface area contributed by atoms with Crippen LogP contribution in [0.1, 0.15) is 5.56 Å². The second kappa shape index (κ2) is 5.24. The van der Waals surface area contributed by atoms with Gasteiger partial charge in [-0.25, -0.2) is 4.98 Å². The molecule has 0 bridgehead atoms. The highest BCUT2D eigenvalue weighted by Crippen LogP contribution is 2.35. The number of pyridine rings is 1. The zero-order valence-electron chi connectivity index (χ0n) is 12.4. The minimum absolute atomic E-state index is 0.435. The first kappa shape index (κ1) is 14.0. The van der Waals surface area contributed by atoms with Crippen molar-refractivity contribution in [1.29, 1.82) is 0 Å². The van der Waals surface area contributed by atoms with E-state index in [1.165, 1.54) is 5.56 Å². The SMILES string of the molecule is Cc1ccc(Nc2nc3ccccc3c3c2c(N)nn3Br)cc1. The molecule has 5 nitrogen and oxygen atoms in total. The van der Waals surface area contributed by atoms with E-state index in [-0.39, 0.29) is 0 Å². The van der Waals surface area contributed by atoms with E-state index in [0.717, 1.165) is 27.5 Å². The molecule has 4 aromatic rings. The van der Waals surface area contributed by atoms with Gasteiger partial charge in [-0.05, 0) is 25.1 Å². The molecule has 2 aromatic carbocycles. The molecule has 0 atom stereocenters. The molecular formula is C17H14BrN5. The fourth-order valence-electron chi connectivity index (χ4n) is 2.69. The van der Waals surface area contributed by atoms with Crippen LogP contribution in [0.3, 0.4) is 0 Å². The van der Waals surface area contributed by atoms with Crippen molar-refractivity contribution in [3.8, 4) is 0 Å². The number of nitrogens with zero attached hydrogens (tertiary/aromatic N) is 3. The second-order valence-electron chi connectivity index (χ2n) is 5.44. The van der Waals surface area contributed by atoms with Gasteiger partial charge in [0, 0.05) is 11.1 Å². The van der Waals surface area contributed by atoms with Gasteiger partial charge in [0.05, 0.1) is 32.6 Å². The van der Waals surface area contributed by atoms with Crippen molar-refractivity contribution in [3.63, 3.8) is 0 Å². The van der Waals surface area contributed by atoms with Crippen LogP contribution in [-0.2, 0) is 0 Å². The second-order valence-corrected chi connectivity index (χ2v) is 6.11. The van der Waals surface area contributed by atoms with Crippen LogP contribution in [0.15, 0.2) is 48.5 Å². The lowest BCUT2D eigenvalue weighted by Crippen LogP contribution is -1.97. The highest BCUT2D eigenvalue weighted by molar-refractivity contribution is 9.08. The molecule has 3 N–H and O–H groups in total. The van der Waals surface area contributed by atoms with Gasteiger partial charge >= 0.3 is 0 Å². The summed E-state index contributed by atoms with van der Waals surface area (Å²) in [4.78, 5) is 4.73. The van der Waals surface area contributed by atoms with Crippen molar-refractivity contribution < 1.29 is 0 Å². The van der Waals surface area contributed by atoms with Crippen LogP contribution in [0, 0.1) is 6.92 Å². The molecule has 4 rings (SSSR count). The molecule has 0 amide bonds. The zero-order chi connectivity index (χ0) is 16.0. The molecule has 0 spiro atoms. The Kier molecular flexibility index (Phi) is 3.20. The number of aryl methyl sites for hydroxylation is 1. The van der Waals surface area contributed by atoms with Gasteiger partial charge in [-0.2, -0.15) is 3.71 Å². The Balaban J connectivity index is 1.98. The van der Waals surface area contributed by atoms with Crippen molar-refractivity contribution in [2.75, 3.05) is 11.1 Å². The first-order chi connectivity index (χ1) is 11.1. The van der Waals surface area contributed by atoms with E-state index in [4.69, 9.17) is 10.7 Å². The third kappa shape index (κ3) is 2.31. The van der Waals surface area contributed by atoms with Gasteiger partial charge in [0.25, 0.3) is 0 Å². The lowest BCUT2D eigenvalue weighted by atomic mass is 10.1. The number of anilines is 3. The Morgan fingerprint density at radius 3 is 2.61 bits per heavy atom. The Bertz CT molecular complexity index is 1020. The van der Waals surface area contributed by atoms with Gasteiger partial charge in [0.2, 0.25) is 0 Å². The molecule has 6 heteroatoms. The van der Waals surface area contributed by atoms with Crippen molar-refractivity contribution in [2.45, 2.75) is 6.92 Å². The summed E-state index contributed by atoms with van der Waals surface area (Å²) in [5, 5.41) is 9.45. The molecule has 0 unspecified atom stereocenters. The van der Waals surface area contributed by atoms with E-state index in [1.807, 2.05) is 36.4 Å². The smallest absolute Gasteiger partial charge is 0.158 e. The van der Waals surface area contributed by atoms with Crippen LogP contribution in [-0.4, -0.2) is 13.8 Å².